The Hall–Kier alpha value is -2.47. The van der Waals surface area contributed by atoms with Gasteiger partial charge in [0.05, 0.1) is 12.2 Å². The van der Waals surface area contributed by atoms with Gasteiger partial charge in [-0.1, -0.05) is 6.07 Å². The predicted molar refractivity (Wildman–Crippen MR) is 77.7 cm³/mol. The third kappa shape index (κ3) is 3.59. The summed E-state index contributed by atoms with van der Waals surface area (Å²) in [5.41, 5.74) is 0.525. The lowest BCUT2D eigenvalue weighted by Crippen LogP contribution is -2.27. The highest BCUT2D eigenvalue weighted by molar-refractivity contribution is 5.98. The number of hydrogen-bond donors (Lipinski definition) is 2. The lowest BCUT2D eigenvalue weighted by molar-refractivity contribution is 0.0934. The summed E-state index contributed by atoms with van der Waals surface area (Å²) in [6.07, 6.45) is 0. The zero-order chi connectivity index (χ0) is 16.1. The molecule has 116 valence electrons. The first-order chi connectivity index (χ1) is 10.5. The number of aromatic hydroxyl groups is 1. The number of benzene rings is 2. The van der Waals surface area contributed by atoms with E-state index in [1.54, 1.807) is 0 Å². The Kier molecular flexibility index (Phi) is 5.06. The first kappa shape index (κ1) is 15.9. The highest BCUT2D eigenvalue weighted by atomic mass is 19.1. The molecule has 0 fully saturated rings. The maximum absolute atomic E-state index is 13.8. The lowest BCUT2D eigenvalue weighted by atomic mass is 10.0. The van der Waals surface area contributed by atoms with Gasteiger partial charge in [0.1, 0.15) is 17.4 Å². The van der Waals surface area contributed by atoms with Crippen molar-refractivity contribution in [3.8, 4) is 16.9 Å². The highest BCUT2D eigenvalue weighted by Crippen LogP contribution is 2.28. The van der Waals surface area contributed by atoms with E-state index < -0.39 is 17.5 Å². The van der Waals surface area contributed by atoms with Crippen LogP contribution in [0, 0.1) is 11.6 Å². The van der Waals surface area contributed by atoms with Gasteiger partial charge in [-0.05, 0) is 29.8 Å². The summed E-state index contributed by atoms with van der Waals surface area (Å²) >= 11 is 0. The molecule has 4 nitrogen and oxygen atoms in total. The predicted octanol–water partition coefficient (Wildman–Crippen LogP) is 2.71. The third-order valence-corrected chi connectivity index (χ3v) is 3.08. The Labute approximate surface area is 126 Å². The van der Waals surface area contributed by atoms with Gasteiger partial charge >= 0.3 is 0 Å². The molecule has 2 aromatic rings. The van der Waals surface area contributed by atoms with Crippen LogP contribution in [0.15, 0.2) is 36.4 Å². The molecule has 0 saturated carbocycles. The van der Waals surface area contributed by atoms with Crippen molar-refractivity contribution in [3.63, 3.8) is 0 Å². The van der Waals surface area contributed by atoms with Gasteiger partial charge in [-0.3, -0.25) is 4.79 Å². The Balaban J connectivity index is 2.32. The van der Waals surface area contributed by atoms with Crippen LogP contribution in [0.1, 0.15) is 10.4 Å². The normalized spacial score (nSPS) is 10.5. The van der Waals surface area contributed by atoms with Crippen LogP contribution >= 0.6 is 0 Å². The van der Waals surface area contributed by atoms with Gasteiger partial charge in [0.25, 0.3) is 5.91 Å². The second kappa shape index (κ2) is 7.00. The summed E-state index contributed by atoms with van der Waals surface area (Å²) in [5.74, 6) is -2.14. The molecule has 0 aliphatic heterocycles. The molecule has 0 bridgehead atoms. The Bertz CT molecular complexity index is 689. The highest BCUT2D eigenvalue weighted by Gasteiger charge is 2.14. The minimum Gasteiger partial charge on any atom is -0.507 e. The zero-order valence-electron chi connectivity index (χ0n) is 11.9. The van der Waals surface area contributed by atoms with Gasteiger partial charge in [0.15, 0.2) is 0 Å². The number of ether oxygens (including phenoxy) is 1. The molecule has 0 saturated heterocycles. The first-order valence-corrected chi connectivity index (χ1v) is 6.58. The first-order valence-electron chi connectivity index (χ1n) is 6.58. The summed E-state index contributed by atoms with van der Waals surface area (Å²) in [5, 5.41) is 12.3. The summed E-state index contributed by atoms with van der Waals surface area (Å²) in [6, 6.07) is 7.28. The minimum absolute atomic E-state index is 0.0114. The van der Waals surface area contributed by atoms with Gasteiger partial charge in [0, 0.05) is 25.3 Å². The van der Waals surface area contributed by atoms with E-state index in [-0.39, 0.29) is 23.4 Å². The van der Waals surface area contributed by atoms with Crippen molar-refractivity contribution in [1.82, 2.24) is 5.32 Å². The molecule has 1 amide bonds. The van der Waals surface area contributed by atoms with Crippen molar-refractivity contribution in [3.05, 3.63) is 53.6 Å². The van der Waals surface area contributed by atoms with E-state index in [2.05, 4.69) is 5.32 Å². The number of phenols is 1. The van der Waals surface area contributed by atoms with E-state index in [1.165, 1.54) is 31.4 Å². The molecule has 22 heavy (non-hydrogen) atoms. The van der Waals surface area contributed by atoms with Crippen molar-refractivity contribution in [2.45, 2.75) is 0 Å². The molecule has 2 rings (SSSR count). The van der Waals surface area contributed by atoms with E-state index >= 15 is 0 Å². The zero-order valence-corrected chi connectivity index (χ0v) is 11.9. The average Bonchev–Trinajstić information content (AvgIpc) is 2.48. The van der Waals surface area contributed by atoms with Crippen molar-refractivity contribution < 1.29 is 23.4 Å². The fraction of sp³-hybridized carbons (Fsp3) is 0.188. The Morgan fingerprint density at radius 2 is 2.00 bits per heavy atom. The summed E-state index contributed by atoms with van der Waals surface area (Å²) < 4.78 is 31.6. The number of amides is 1. The van der Waals surface area contributed by atoms with Crippen LogP contribution in [0.3, 0.4) is 0 Å². The second-order valence-corrected chi connectivity index (χ2v) is 4.60. The van der Waals surface area contributed by atoms with Gasteiger partial charge in [-0.2, -0.15) is 0 Å². The second-order valence-electron chi connectivity index (χ2n) is 4.60. The molecular formula is C16H15F2NO3. The molecule has 2 aromatic carbocycles. The van der Waals surface area contributed by atoms with E-state index in [4.69, 9.17) is 4.74 Å². The summed E-state index contributed by atoms with van der Waals surface area (Å²) in [7, 11) is 1.50. The number of phenolic OH excluding ortho intramolecular Hbond substituents is 1. The minimum atomic E-state index is -0.739. The van der Waals surface area contributed by atoms with Crippen LogP contribution in [0.2, 0.25) is 0 Å². The number of carbonyl (C=O) groups excluding carboxylic acids is 1. The standard InChI is InChI=1S/C16H15F2NO3/c1-22-7-6-19-16(21)13-8-10(2-5-15(13)20)12-4-3-11(17)9-14(12)18/h2-5,8-9,20H,6-7H2,1H3,(H,19,21). The summed E-state index contributed by atoms with van der Waals surface area (Å²) in [6.45, 7) is 0.614. The van der Waals surface area contributed by atoms with E-state index in [0.717, 1.165) is 12.1 Å². The number of nitrogens with one attached hydrogen (secondary N) is 1. The molecule has 6 heteroatoms. The molecule has 2 N–H and O–H groups in total. The Morgan fingerprint density at radius 1 is 1.23 bits per heavy atom. The molecule has 0 aliphatic rings. The van der Waals surface area contributed by atoms with Crippen molar-refractivity contribution >= 4 is 5.91 Å². The Morgan fingerprint density at radius 3 is 2.68 bits per heavy atom. The van der Waals surface area contributed by atoms with Crippen molar-refractivity contribution in [2.75, 3.05) is 20.3 Å². The summed E-state index contributed by atoms with van der Waals surface area (Å²) in [4.78, 5) is 12.0. The molecule has 0 heterocycles. The van der Waals surface area contributed by atoms with Crippen molar-refractivity contribution in [1.29, 1.82) is 0 Å². The number of rotatable bonds is 5. The number of carbonyl (C=O) groups is 1. The average molecular weight is 307 g/mol. The molecule has 0 atom stereocenters. The topological polar surface area (TPSA) is 58.6 Å². The maximum atomic E-state index is 13.8. The van der Waals surface area contributed by atoms with Gasteiger partial charge in [0.2, 0.25) is 0 Å². The van der Waals surface area contributed by atoms with Gasteiger partial charge in [-0.15, -0.1) is 0 Å². The molecule has 0 spiro atoms. The van der Waals surface area contributed by atoms with Crippen LogP contribution in [-0.2, 0) is 4.74 Å². The molecule has 0 radical (unpaired) electrons. The largest absolute Gasteiger partial charge is 0.507 e. The van der Waals surface area contributed by atoms with E-state index in [0.29, 0.717) is 12.2 Å². The van der Waals surface area contributed by atoms with E-state index in [9.17, 15) is 18.7 Å². The lowest BCUT2D eigenvalue weighted by Gasteiger charge is -2.09. The van der Waals surface area contributed by atoms with Crippen LogP contribution in [0.25, 0.3) is 11.1 Å². The van der Waals surface area contributed by atoms with Crippen LogP contribution < -0.4 is 5.32 Å². The third-order valence-electron chi connectivity index (χ3n) is 3.08. The number of halogens is 2. The monoisotopic (exact) mass is 307 g/mol. The SMILES string of the molecule is COCCNC(=O)c1cc(-c2ccc(F)cc2F)ccc1O. The van der Waals surface area contributed by atoms with Crippen LogP contribution in [0.4, 0.5) is 8.78 Å². The smallest absolute Gasteiger partial charge is 0.255 e. The number of hydrogen-bond acceptors (Lipinski definition) is 3. The van der Waals surface area contributed by atoms with Gasteiger partial charge < -0.3 is 15.2 Å². The quantitative estimate of drug-likeness (QED) is 0.835. The maximum Gasteiger partial charge on any atom is 0.255 e. The van der Waals surface area contributed by atoms with Gasteiger partial charge in [-0.25, -0.2) is 8.78 Å². The molecule has 0 aliphatic carbocycles. The van der Waals surface area contributed by atoms with Crippen molar-refractivity contribution in [2.24, 2.45) is 0 Å². The fourth-order valence-corrected chi connectivity index (χ4v) is 1.97. The molecule has 0 aromatic heterocycles. The fourth-order valence-electron chi connectivity index (χ4n) is 1.97. The molecule has 0 unspecified atom stereocenters. The van der Waals surface area contributed by atoms with Crippen LogP contribution in [0.5, 0.6) is 5.75 Å². The van der Waals surface area contributed by atoms with E-state index in [1.807, 2.05) is 0 Å². The van der Waals surface area contributed by atoms with Crippen LogP contribution in [-0.4, -0.2) is 31.3 Å². The number of methoxy groups -OCH3 is 1. The molecular weight excluding hydrogens is 292 g/mol.